The normalized spacial score (nSPS) is 16.0. The fourth-order valence-electron chi connectivity index (χ4n) is 6.74. The van der Waals surface area contributed by atoms with Crippen molar-refractivity contribution >= 4 is 0 Å². The first kappa shape index (κ1) is 31.2. The number of halogens is 2. The molecule has 2 aliphatic rings. The van der Waals surface area contributed by atoms with Crippen molar-refractivity contribution in [2.75, 3.05) is 0 Å². The van der Waals surface area contributed by atoms with E-state index < -0.39 is 23.2 Å². The second kappa shape index (κ2) is 12.7. The molecule has 204 valence electrons. The van der Waals surface area contributed by atoms with Crippen LogP contribution in [0.1, 0.15) is 36.1 Å². The van der Waals surface area contributed by atoms with Crippen LogP contribution in [0.3, 0.4) is 0 Å². The van der Waals surface area contributed by atoms with Gasteiger partial charge in [0.2, 0.25) is 0 Å². The van der Waals surface area contributed by atoms with Crippen LogP contribution in [-0.2, 0) is 34.1 Å². The van der Waals surface area contributed by atoms with Crippen LogP contribution >= 0.6 is 0 Å². The SMILES string of the molecule is CC(c1ccccc1)(c1ccccc1)[C]1([Zr+2][C]2(C(C)(c3ccccc3)c3ccccc3)C=CC=C2)C=CC=C1.[Cl-].[Cl-]. The van der Waals surface area contributed by atoms with Crippen molar-refractivity contribution in [1.29, 1.82) is 0 Å². The summed E-state index contributed by atoms with van der Waals surface area (Å²) in [6.45, 7) is 4.97. The van der Waals surface area contributed by atoms with Crippen molar-refractivity contribution in [2.45, 2.75) is 30.9 Å². The number of hydrogen-bond donors (Lipinski definition) is 0. The minimum Gasteiger partial charge on any atom is -1.00 e. The van der Waals surface area contributed by atoms with Crippen molar-refractivity contribution in [1.82, 2.24) is 0 Å². The Bertz CT molecular complexity index is 1320. The van der Waals surface area contributed by atoms with Gasteiger partial charge >= 0.3 is 246 Å². The van der Waals surface area contributed by atoms with Crippen LogP contribution in [-0.4, -0.2) is 0 Å². The molecule has 0 amide bonds. The quantitative estimate of drug-likeness (QED) is 0.273. The summed E-state index contributed by atoms with van der Waals surface area (Å²) in [4.78, 5) is 0. The maximum absolute atomic E-state index is 2.54. The zero-order valence-corrected chi connectivity index (χ0v) is 27.4. The Balaban J connectivity index is 0.00000194. The first-order valence-electron chi connectivity index (χ1n) is 13.8. The minimum atomic E-state index is -1.41. The monoisotopic (exact) mass is 650 g/mol. The second-order valence-electron chi connectivity index (χ2n) is 11.0. The van der Waals surface area contributed by atoms with Crippen molar-refractivity contribution in [3.8, 4) is 0 Å². The largest absolute Gasteiger partial charge is 1.00 e. The van der Waals surface area contributed by atoms with Gasteiger partial charge in [0.15, 0.2) is 0 Å². The van der Waals surface area contributed by atoms with Gasteiger partial charge in [-0.15, -0.1) is 0 Å². The van der Waals surface area contributed by atoms with Crippen LogP contribution in [0.2, 0.25) is 6.25 Å². The Kier molecular flexibility index (Phi) is 9.65. The molecule has 0 radical (unpaired) electrons. The smallest absolute Gasteiger partial charge is 1.00 e. The molecular weight excluding hydrogens is 619 g/mol. The summed E-state index contributed by atoms with van der Waals surface area (Å²) in [7, 11) is 0. The summed E-state index contributed by atoms with van der Waals surface area (Å²) >= 11 is -1.41. The van der Waals surface area contributed by atoms with Gasteiger partial charge in [0.1, 0.15) is 0 Å². The predicted octanol–water partition coefficient (Wildman–Crippen LogP) is 3.66. The molecule has 4 aromatic carbocycles. The Labute approximate surface area is 269 Å². The molecule has 0 aromatic heterocycles. The van der Waals surface area contributed by atoms with E-state index in [0.717, 1.165) is 0 Å². The molecule has 0 bridgehead atoms. The average molecular weight is 653 g/mol. The third-order valence-corrected chi connectivity index (χ3v) is 15.3. The van der Waals surface area contributed by atoms with E-state index in [-0.39, 0.29) is 41.9 Å². The van der Waals surface area contributed by atoms with Gasteiger partial charge in [0.25, 0.3) is 0 Å². The van der Waals surface area contributed by atoms with Crippen LogP contribution in [0, 0.1) is 0 Å². The third kappa shape index (κ3) is 5.12. The molecule has 2 aliphatic carbocycles. The van der Waals surface area contributed by atoms with Crippen molar-refractivity contribution in [2.24, 2.45) is 0 Å². The van der Waals surface area contributed by atoms with Gasteiger partial charge in [-0.1, -0.05) is 0 Å². The van der Waals surface area contributed by atoms with Crippen molar-refractivity contribution < 1.29 is 48.0 Å². The van der Waals surface area contributed by atoms with Crippen LogP contribution < -0.4 is 24.8 Å². The third-order valence-electron chi connectivity index (χ3n) is 9.13. The van der Waals surface area contributed by atoms with Crippen LogP contribution in [0.4, 0.5) is 0 Å². The molecule has 0 saturated carbocycles. The molecular formula is C38H34Cl2Zr. The molecule has 0 N–H and O–H groups in total. The number of allylic oxidation sites excluding steroid dienone is 8. The molecule has 0 aliphatic heterocycles. The Morgan fingerprint density at radius 1 is 0.390 bits per heavy atom. The molecule has 0 fully saturated rings. The number of rotatable bonds is 8. The van der Waals surface area contributed by atoms with Crippen molar-refractivity contribution in [3.63, 3.8) is 0 Å². The molecule has 0 spiro atoms. The molecule has 6 rings (SSSR count). The van der Waals surface area contributed by atoms with E-state index in [2.05, 4.69) is 184 Å². The van der Waals surface area contributed by atoms with Crippen LogP contribution in [0.5, 0.6) is 0 Å². The van der Waals surface area contributed by atoms with E-state index in [4.69, 9.17) is 0 Å². The van der Waals surface area contributed by atoms with Gasteiger partial charge in [-0.2, -0.15) is 0 Å². The summed E-state index contributed by atoms with van der Waals surface area (Å²) in [6, 6.07) is 44.7. The van der Waals surface area contributed by atoms with E-state index in [9.17, 15) is 0 Å². The maximum Gasteiger partial charge on any atom is -1.00 e. The summed E-state index contributed by atoms with van der Waals surface area (Å²) in [6.07, 6.45) is 19.3. The Morgan fingerprint density at radius 3 is 0.829 bits per heavy atom. The molecule has 0 nitrogen and oxygen atoms in total. The summed E-state index contributed by atoms with van der Waals surface area (Å²) in [5.41, 5.74) is 5.06. The van der Waals surface area contributed by atoms with E-state index in [1.54, 1.807) is 0 Å². The van der Waals surface area contributed by atoms with Crippen molar-refractivity contribution in [3.05, 3.63) is 192 Å². The average Bonchev–Trinajstić information content (AvgIpc) is 3.70. The van der Waals surface area contributed by atoms with Crippen LogP contribution in [0.25, 0.3) is 0 Å². The summed E-state index contributed by atoms with van der Waals surface area (Å²) in [5.74, 6) is 0. The van der Waals surface area contributed by atoms with E-state index >= 15 is 0 Å². The minimum absolute atomic E-state index is 0. The first-order valence-corrected chi connectivity index (χ1v) is 16.3. The maximum atomic E-state index is 2.54. The molecule has 0 saturated heterocycles. The Morgan fingerprint density at radius 2 is 0.610 bits per heavy atom. The zero-order valence-electron chi connectivity index (χ0n) is 23.4. The zero-order chi connectivity index (χ0) is 26.8. The van der Waals surface area contributed by atoms with Gasteiger partial charge in [0.05, 0.1) is 0 Å². The first-order chi connectivity index (χ1) is 19.0. The molecule has 0 unspecified atom stereocenters. The van der Waals surface area contributed by atoms with Crippen LogP contribution in [0.15, 0.2) is 170 Å². The molecule has 4 aromatic rings. The van der Waals surface area contributed by atoms with E-state index in [1.807, 2.05) is 0 Å². The fraction of sp³-hybridized carbons (Fsp3) is 0.158. The topological polar surface area (TPSA) is 0 Å². The summed E-state index contributed by atoms with van der Waals surface area (Å²) in [5, 5.41) is 0. The molecule has 0 atom stereocenters. The van der Waals surface area contributed by atoms with Gasteiger partial charge in [-0.3, -0.25) is 0 Å². The van der Waals surface area contributed by atoms with Gasteiger partial charge < -0.3 is 24.8 Å². The molecule has 0 heterocycles. The number of hydrogen-bond acceptors (Lipinski definition) is 0. The van der Waals surface area contributed by atoms with E-state index in [1.165, 1.54) is 22.3 Å². The second-order valence-corrected chi connectivity index (χ2v) is 15.7. The molecule has 41 heavy (non-hydrogen) atoms. The van der Waals surface area contributed by atoms with E-state index in [0.29, 0.717) is 0 Å². The Hall–Kier alpha value is -2.70. The number of benzene rings is 4. The molecule has 3 heteroatoms. The summed E-state index contributed by atoms with van der Waals surface area (Å²) < 4.78 is -0.189. The van der Waals surface area contributed by atoms with Gasteiger partial charge in [-0.25, -0.2) is 0 Å². The standard InChI is InChI=1S/2C19H17.2ClH.Zr/c2*1-19(18-14-8-9-15-18,16-10-4-2-5-11-16)17-12-6-3-7-13-17;;;/h2*2-15H,1H3;2*1H;/q;;;;+2/p-2. The predicted molar refractivity (Wildman–Crippen MR) is 161 cm³/mol. The van der Waals surface area contributed by atoms with Gasteiger partial charge in [-0.05, 0) is 0 Å². The fourth-order valence-corrected chi connectivity index (χ4v) is 12.8. The van der Waals surface area contributed by atoms with Gasteiger partial charge in [0, 0.05) is 0 Å².